The molecular formula is C26H34N4O5S. The van der Waals surface area contributed by atoms with Gasteiger partial charge in [-0.15, -0.1) is 0 Å². The van der Waals surface area contributed by atoms with Crippen LogP contribution in [-0.2, 0) is 14.3 Å². The van der Waals surface area contributed by atoms with Gasteiger partial charge in [-0.2, -0.15) is 0 Å². The lowest BCUT2D eigenvalue weighted by Gasteiger charge is -2.38. The zero-order valence-corrected chi connectivity index (χ0v) is 22.6. The number of esters is 1. The number of hydrogen-bond donors (Lipinski definition) is 0. The molecule has 1 atom stereocenters. The zero-order valence-electron chi connectivity index (χ0n) is 21.7. The molecule has 3 aliphatic heterocycles. The summed E-state index contributed by atoms with van der Waals surface area (Å²) in [5.74, 6) is 0.855. The molecule has 1 aromatic rings. The Bertz CT molecular complexity index is 1120. The molecule has 0 radical (unpaired) electrons. The van der Waals surface area contributed by atoms with Gasteiger partial charge < -0.3 is 28.9 Å². The number of aliphatic imine (C=N–C) groups is 1. The van der Waals surface area contributed by atoms with Gasteiger partial charge in [0.15, 0.2) is 5.17 Å². The normalized spacial score (nSPS) is 20.2. The molecule has 9 nitrogen and oxygen atoms in total. The fourth-order valence-corrected chi connectivity index (χ4v) is 5.54. The topological polar surface area (TPSA) is 83.9 Å². The van der Waals surface area contributed by atoms with E-state index in [1.807, 2.05) is 54.2 Å². The fraction of sp³-hybridized carbons (Fsp3) is 0.500. The summed E-state index contributed by atoms with van der Waals surface area (Å²) in [6.07, 6.45) is -0.0813. The second-order valence-electron chi connectivity index (χ2n) is 9.32. The maximum atomic E-state index is 13.4. The van der Waals surface area contributed by atoms with Crippen LogP contribution in [0.25, 0.3) is 0 Å². The monoisotopic (exact) mass is 514 g/mol. The molecule has 0 saturated carbocycles. The van der Waals surface area contributed by atoms with Crippen molar-refractivity contribution in [2.45, 2.75) is 39.3 Å². The molecule has 0 spiro atoms. The number of ether oxygens (including phenoxy) is 3. The molecule has 1 fully saturated rings. The summed E-state index contributed by atoms with van der Waals surface area (Å²) in [5.41, 5.74) is 2.52. The highest BCUT2D eigenvalue weighted by atomic mass is 32.2. The van der Waals surface area contributed by atoms with Gasteiger partial charge >= 0.3 is 5.97 Å². The maximum absolute atomic E-state index is 13.4. The summed E-state index contributed by atoms with van der Waals surface area (Å²) in [5, 5.41) is 2.67. The largest absolute Gasteiger partial charge is 0.497 e. The van der Waals surface area contributed by atoms with Crippen LogP contribution >= 0.6 is 11.8 Å². The minimum atomic E-state index is -0.588. The van der Waals surface area contributed by atoms with Gasteiger partial charge in [0.25, 0.3) is 0 Å². The highest BCUT2D eigenvalue weighted by Gasteiger charge is 2.43. The molecule has 36 heavy (non-hydrogen) atoms. The van der Waals surface area contributed by atoms with Gasteiger partial charge in [-0.1, -0.05) is 11.8 Å². The molecule has 1 aromatic carbocycles. The van der Waals surface area contributed by atoms with E-state index >= 15 is 0 Å². The molecular weight excluding hydrogens is 480 g/mol. The van der Waals surface area contributed by atoms with Crippen molar-refractivity contribution in [2.24, 2.45) is 4.99 Å². The molecule has 1 unspecified atom stereocenters. The number of fused-ring (bicyclic) bond motifs is 1. The molecule has 4 rings (SSSR count). The van der Waals surface area contributed by atoms with E-state index in [1.165, 1.54) is 11.8 Å². The van der Waals surface area contributed by atoms with Crippen molar-refractivity contribution in [3.05, 3.63) is 46.1 Å². The third-order valence-corrected chi connectivity index (χ3v) is 7.37. The van der Waals surface area contributed by atoms with Crippen LogP contribution in [-0.4, -0.2) is 85.3 Å². The summed E-state index contributed by atoms with van der Waals surface area (Å²) < 4.78 is 16.9. The number of carbonyl (C=O) groups is 2. The fourth-order valence-electron chi connectivity index (χ4n) is 4.58. The van der Waals surface area contributed by atoms with E-state index in [9.17, 15) is 9.59 Å². The summed E-state index contributed by atoms with van der Waals surface area (Å²) in [4.78, 5) is 37.5. The predicted octanol–water partition coefficient (Wildman–Crippen LogP) is 3.39. The van der Waals surface area contributed by atoms with Gasteiger partial charge in [-0.25, -0.2) is 9.79 Å². The van der Waals surface area contributed by atoms with E-state index in [4.69, 9.17) is 19.2 Å². The van der Waals surface area contributed by atoms with E-state index in [1.54, 1.807) is 14.2 Å². The highest BCUT2D eigenvalue weighted by molar-refractivity contribution is 8.16. The number of methoxy groups -OCH3 is 2. The molecule has 0 N–H and O–H groups in total. The second-order valence-corrected chi connectivity index (χ2v) is 10.2. The molecule has 0 aliphatic carbocycles. The number of amides is 1. The Balaban J connectivity index is 1.75. The number of hydrogen-bond acceptors (Lipinski definition) is 9. The Morgan fingerprint density at radius 1 is 1.14 bits per heavy atom. The van der Waals surface area contributed by atoms with Gasteiger partial charge in [0.1, 0.15) is 11.5 Å². The average molecular weight is 515 g/mol. The molecule has 194 valence electrons. The maximum Gasteiger partial charge on any atom is 0.338 e. The van der Waals surface area contributed by atoms with Crippen molar-refractivity contribution in [3.63, 3.8) is 0 Å². The van der Waals surface area contributed by atoms with Crippen LogP contribution in [0.3, 0.4) is 0 Å². The third kappa shape index (κ3) is 5.24. The number of amidine groups is 1. The van der Waals surface area contributed by atoms with Crippen molar-refractivity contribution in [1.82, 2.24) is 14.7 Å². The minimum absolute atomic E-state index is 0.0603. The Morgan fingerprint density at radius 3 is 2.50 bits per heavy atom. The first kappa shape index (κ1) is 26.1. The lowest BCUT2D eigenvalue weighted by Crippen LogP contribution is -2.47. The van der Waals surface area contributed by atoms with Gasteiger partial charge in [-0.3, -0.25) is 4.79 Å². The SMILES string of the molecule is COc1ccc(OC)c(C2C(C(=O)OC(C)C)=C(C)N=C3SC=C(CC(=O)N4CCN(C)CC4)N32)c1. The molecule has 0 aromatic heterocycles. The van der Waals surface area contributed by atoms with Crippen LogP contribution in [0.15, 0.2) is 45.6 Å². The number of benzene rings is 1. The predicted molar refractivity (Wildman–Crippen MR) is 140 cm³/mol. The summed E-state index contributed by atoms with van der Waals surface area (Å²) in [6.45, 7) is 8.56. The van der Waals surface area contributed by atoms with Gasteiger partial charge in [0.2, 0.25) is 5.91 Å². The molecule has 3 heterocycles. The number of carbonyl (C=O) groups excluding carboxylic acids is 2. The van der Waals surface area contributed by atoms with E-state index in [0.717, 1.165) is 24.4 Å². The van der Waals surface area contributed by atoms with Crippen LogP contribution in [0.5, 0.6) is 11.5 Å². The van der Waals surface area contributed by atoms with Crippen LogP contribution in [0.2, 0.25) is 0 Å². The smallest absolute Gasteiger partial charge is 0.338 e. The van der Waals surface area contributed by atoms with Crippen LogP contribution < -0.4 is 9.47 Å². The highest BCUT2D eigenvalue weighted by Crippen LogP contribution is 2.47. The lowest BCUT2D eigenvalue weighted by atomic mass is 9.92. The zero-order chi connectivity index (χ0) is 26.0. The van der Waals surface area contributed by atoms with Gasteiger partial charge in [-0.05, 0) is 51.4 Å². The van der Waals surface area contributed by atoms with Crippen LogP contribution in [0, 0.1) is 0 Å². The standard InChI is InChI=1S/C26H34N4O5S/c1-16(2)35-25(32)23-17(3)27-26-30(24(23)20-14-19(33-5)7-8-21(20)34-6)18(15-36-26)13-22(31)29-11-9-28(4)10-12-29/h7-8,14-16,24H,9-13H2,1-6H3. The molecule has 1 saturated heterocycles. The van der Waals surface area contributed by atoms with Crippen molar-refractivity contribution >= 4 is 28.8 Å². The quantitative estimate of drug-likeness (QED) is 0.512. The summed E-state index contributed by atoms with van der Waals surface area (Å²) in [6, 6.07) is 4.92. The van der Waals surface area contributed by atoms with E-state index < -0.39 is 12.0 Å². The third-order valence-electron chi connectivity index (χ3n) is 6.48. The first-order chi connectivity index (χ1) is 17.2. The number of rotatable bonds is 7. The molecule has 1 amide bonds. The van der Waals surface area contributed by atoms with Gasteiger partial charge in [0, 0.05) is 37.4 Å². The Kier molecular flexibility index (Phi) is 7.94. The number of piperazine rings is 1. The Hall–Kier alpha value is -2.98. The van der Waals surface area contributed by atoms with Crippen molar-refractivity contribution < 1.29 is 23.8 Å². The van der Waals surface area contributed by atoms with E-state index in [2.05, 4.69) is 11.9 Å². The Labute approximate surface area is 216 Å². The molecule has 3 aliphatic rings. The summed E-state index contributed by atoms with van der Waals surface area (Å²) >= 11 is 1.45. The van der Waals surface area contributed by atoms with Crippen LogP contribution in [0.1, 0.15) is 38.8 Å². The van der Waals surface area contributed by atoms with Crippen molar-refractivity contribution in [1.29, 1.82) is 0 Å². The molecule has 10 heteroatoms. The van der Waals surface area contributed by atoms with Crippen molar-refractivity contribution in [3.8, 4) is 11.5 Å². The number of likely N-dealkylation sites (N-methyl/N-ethyl adjacent to an activating group) is 1. The summed E-state index contributed by atoms with van der Waals surface area (Å²) in [7, 11) is 5.26. The molecule has 0 bridgehead atoms. The number of nitrogens with zero attached hydrogens (tertiary/aromatic N) is 4. The lowest BCUT2D eigenvalue weighted by molar-refractivity contribution is -0.143. The number of allylic oxidation sites excluding steroid dienone is 1. The van der Waals surface area contributed by atoms with Crippen LogP contribution in [0.4, 0.5) is 0 Å². The number of thioether (sulfide) groups is 1. The second kappa shape index (κ2) is 11.0. The van der Waals surface area contributed by atoms with Crippen molar-refractivity contribution in [2.75, 3.05) is 47.4 Å². The Morgan fingerprint density at radius 2 is 1.86 bits per heavy atom. The average Bonchev–Trinajstić information content (AvgIpc) is 3.24. The first-order valence-electron chi connectivity index (χ1n) is 12.1. The van der Waals surface area contributed by atoms with E-state index in [-0.39, 0.29) is 18.4 Å². The first-order valence-corrected chi connectivity index (χ1v) is 12.9. The van der Waals surface area contributed by atoms with Gasteiger partial charge in [0.05, 0.1) is 44.1 Å². The van der Waals surface area contributed by atoms with E-state index in [0.29, 0.717) is 41.0 Å². The minimum Gasteiger partial charge on any atom is -0.497 e.